The van der Waals surface area contributed by atoms with Gasteiger partial charge in [-0.15, -0.1) is 0 Å². The van der Waals surface area contributed by atoms with E-state index in [1.807, 2.05) is 30.6 Å². The van der Waals surface area contributed by atoms with Crippen molar-refractivity contribution in [3.8, 4) is 5.75 Å². The monoisotopic (exact) mass is 231 g/mol. The van der Waals surface area contributed by atoms with Gasteiger partial charge in [0.25, 0.3) is 0 Å². The highest BCUT2D eigenvalue weighted by Gasteiger charge is 2.38. The Kier molecular flexibility index (Phi) is 3.18. The zero-order valence-corrected chi connectivity index (χ0v) is 10.2. The number of hydrogen-bond acceptors (Lipinski definition) is 2. The zero-order valence-electron chi connectivity index (χ0n) is 10.2. The number of rotatable bonds is 4. The second kappa shape index (κ2) is 4.62. The van der Waals surface area contributed by atoms with Crippen LogP contribution in [0.1, 0.15) is 18.9 Å². The number of para-hydroxylation sites is 1. The van der Waals surface area contributed by atoms with E-state index >= 15 is 0 Å². The fourth-order valence-corrected chi connectivity index (χ4v) is 2.50. The standard InChI is InChI=1S/C14H18N2O/c1-3-14(4-2,16-10-9-15-11-16)12-7-5-6-8-13(12)17/h3,5-8,11,17H,1,4,9-10H2,2H3/p+1. The summed E-state index contributed by atoms with van der Waals surface area (Å²) in [5.74, 6) is 0.328. The van der Waals surface area contributed by atoms with Crippen LogP contribution in [0, 0.1) is 0 Å². The summed E-state index contributed by atoms with van der Waals surface area (Å²) in [6, 6.07) is 7.49. The van der Waals surface area contributed by atoms with Crippen molar-refractivity contribution < 1.29 is 9.68 Å². The summed E-state index contributed by atoms with van der Waals surface area (Å²) in [6.45, 7) is 7.94. The van der Waals surface area contributed by atoms with Gasteiger partial charge in [0.1, 0.15) is 18.8 Å². The average Bonchev–Trinajstić information content (AvgIpc) is 2.88. The Balaban J connectivity index is 2.55. The summed E-state index contributed by atoms with van der Waals surface area (Å²) in [7, 11) is 0. The average molecular weight is 231 g/mol. The van der Waals surface area contributed by atoms with E-state index < -0.39 is 0 Å². The molecule has 2 N–H and O–H groups in total. The van der Waals surface area contributed by atoms with Crippen molar-refractivity contribution in [1.29, 1.82) is 0 Å². The second-order valence-electron chi connectivity index (χ2n) is 4.28. The summed E-state index contributed by atoms with van der Waals surface area (Å²) in [4.78, 5) is 0. The minimum Gasteiger partial charge on any atom is -0.507 e. The van der Waals surface area contributed by atoms with E-state index in [0.29, 0.717) is 5.75 Å². The van der Waals surface area contributed by atoms with Crippen LogP contribution in [0.2, 0.25) is 0 Å². The SMILES string of the molecule is C=CC(CC)(c1ccccc1O)[N+]1=CNCC1. The Morgan fingerprint density at radius 2 is 2.29 bits per heavy atom. The lowest BCUT2D eigenvalue weighted by Gasteiger charge is -2.29. The van der Waals surface area contributed by atoms with Crippen LogP contribution in [-0.4, -0.2) is 29.1 Å². The lowest BCUT2D eigenvalue weighted by molar-refractivity contribution is -0.593. The molecule has 0 aliphatic carbocycles. The quantitative estimate of drug-likeness (QED) is 0.612. The number of nitrogens with one attached hydrogen (secondary N) is 1. The molecule has 1 atom stereocenters. The van der Waals surface area contributed by atoms with Gasteiger partial charge in [-0.1, -0.05) is 31.7 Å². The summed E-state index contributed by atoms with van der Waals surface area (Å²) in [6.07, 6.45) is 4.77. The van der Waals surface area contributed by atoms with Crippen LogP contribution in [0.4, 0.5) is 0 Å². The zero-order chi connectivity index (χ0) is 12.3. The van der Waals surface area contributed by atoms with Crippen LogP contribution in [0.25, 0.3) is 0 Å². The maximum Gasteiger partial charge on any atom is 0.233 e. The van der Waals surface area contributed by atoms with E-state index in [2.05, 4.69) is 23.4 Å². The molecule has 0 amide bonds. The molecule has 90 valence electrons. The Morgan fingerprint density at radius 1 is 1.53 bits per heavy atom. The molecule has 0 saturated heterocycles. The van der Waals surface area contributed by atoms with Crippen molar-refractivity contribution in [1.82, 2.24) is 5.32 Å². The Bertz CT molecular complexity index is 453. The highest BCUT2D eigenvalue weighted by atomic mass is 16.3. The molecule has 0 spiro atoms. The van der Waals surface area contributed by atoms with E-state index in [-0.39, 0.29) is 5.54 Å². The molecule has 1 aliphatic rings. The van der Waals surface area contributed by atoms with E-state index in [9.17, 15) is 5.11 Å². The summed E-state index contributed by atoms with van der Waals surface area (Å²) < 4.78 is 2.20. The number of aromatic hydroxyl groups is 1. The molecule has 3 heteroatoms. The maximum absolute atomic E-state index is 10.1. The summed E-state index contributed by atoms with van der Waals surface area (Å²) in [5, 5.41) is 13.3. The van der Waals surface area contributed by atoms with Gasteiger partial charge < -0.3 is 5.11 Å². The highest BCUT2D eigenvalue weighted by molar-refractivity contribution is 5.51. The van der Waals surface area contributed by atoms with E-state index in [4.69, 9.17) is 0 Å². The summed E-state index contributed by atoms with van der Waals surface area (Å²) >= 11 is 0. The predicted molar refractivity (Wildman–Crippen MR) is 69.5 cm³/mol. The van der Waals surface area contributed by atoms with Gasteiger partial charge in [0.2, 0.25) is 6.34 Å². The smallest absolute Gasteiger partial charge is 0.233 e. The molecule has 1 heterocycles. The third-order valence-corrected chi connectivity index (χ3v) is 3.50. The molecule has 0 bridgehead atoms. The molecule has 3 nitrogen and oxygen atoms in total. The molecule has 0 saturated carbocycles. The number of nitrogens with zero attached hydrogens (tertiary/aromatic N) is 1. The molecular weight excluding hydrogens is 212 g/mol. The fraction of sp³-hybridized carbons (Fsp3) is 0.357. The Morgan fingerprint density at radius 3 is 2.82 bits per heavy atom. The third kappa shape index (κ3) is 1.82. The van der Waals surface area contributed by atoms with Crippen molar-refractivity contribution in [2.75, 3.05) is 13.1 Å². The number of hydrogen-bond donors (Lipinski definition) is 2. The minimum atomic E-state index is -0.325. The van der Waals surface area contributed by atoms with Gasteiger partial charge in [0, 0.05) is 5.56 Å². The van der Waals surface area contributed by atoms with Gasteiger partial charge in [-0.2, -0.15) is 0 Å². The molecular formula is C14H19N2O+. The molecule has 0 radical (unpaired) electrons. The number of phenols is 1. The van der Waals surface area contributed by atoms with Crippen LogP contribution < -0.4 is 5.32 Å². The lowest BCUT2D eigenvalue weighted by Crippen LogP contribution is -2.37. The highest BCUT2D eigenvalue weighted by Crippen LogP contribution is 2.36. The molecule has 1 aromatic rings. The predicted octanol–water partition coefficient (Wildman–Crippen LogP) is 1.83. The molecule has 1 aromatic carbocycles. The molecule has 0 aromatic heterocycles. The molecule has 2 rings (SSSR count). The van der Waals surface area contributed by atoms with Gasteiger partial charge in [0.05, 0.1) is 0 Å². The van der Waals surface area contributed by atoms with E-state index in [1.54, 1.807) is 6.07 Å². The molecule has 0 fully saturated rings. The van der Waals surface area contributed by atoms with Crippen molar-refractivity contribution in [2.45, 2.75) is 18.9 Å². The first-order valence-electron chi connectivity index (χ1n) is 6.00. The molecule has 1 aliphatic heterocycles. The first kappa shape index (κ1) is 11.7. The molecule has 1 unspecified atom stereocenters. The van der Waals surface area contributed by atoms with Crippen molar-refractivity contribution in [3.05, 3.63) is 42.5 Å². The number of phenolic OH excluding ortho intramolecular Hbond substituents is 1. The lowest BCUT2D eigenvalue weighted by atomic mass is 9.86. The van der Waals surface area contributed by atoms with E-state index in [1.165, 1.54) is 0 Å². The third-order valence-electron chi connectivity index (χ3n) is 3.50. The summed E-state index contributed by atoms with van der Waals surface area (Å²) in [5.41, 5.74) is 0.590. The van der Waals surface area contributed by atoms with Crippen molar-refractivity contribution in [2.24, 2.45) is 0 Å². The first-order valence-corrected chi connectivity index (χ1v) is 6.00. The van der Waals surface area contributed by atoms with E-state index in [0.717, 1.165) is 25.1 Å². The van der Waals surface area contributed by atoms with Crippen molar-refractivity contribution >= 4 is 6.34 Å². The van der Waals surface area contributed by atoms with Gasteiger partial charge in [-0.25, -0.2) is 0 Å². The topological polar surface area (TPSA) is 35.3 Å². The van der Waals surface area contributed by atoms with Crippen molar-refractivity contribution in [3.63, 3.8) is 0 Å². The Labute approximate surface area is 102 Å². The second-order valence-corrected chi connectivity index (χ2v) is 4.28. The minimum absolute atomic E-state index is 0.325. The molecule has 17 heavy (non-hydrogen) atoms. The van der Waals surface area contributed by atoms with Gasteiger partial charge in [-0.05, 0) is 18.6 Å². The Hall–Kier alpha value is -1.77. The fourth-order valence-electron chi connectivity index (χ4n) is 2.50. The van der Waals surface area contributed by atoms with Crippen LogP contribution in [-0.2, 0) is 5.54 Å². The van der Waals surface area contributed by atoms with Gasteiger partial charge >= 0.3 is 0 Å². The van der Waals surface area contributed by atoms with Gasteiger partial charge in [0.15, 0.2) is 5.54 Å². The first-order chi connectivity index (χ1) is 8.24. The van der Waals surface area contributed by atoms with Crippen LogP contribution >= 0.6 is 0 Å². The maximum atomic E-state index is 10.1. The van der Waals surface area contributed by atoms with Gasteiger partial charge in [-0.3, -0.25) is 9.89 Å². The van der Waals surface area contributed by atoms with Crippen LogP contribution in [0.5, 0.6) is 5.75 Å². The largest absolute Gasteiger partial charge is 0.507 e. The van der Waals surface area contributed by atoms with Crippen LogP contribution in [0.15, 0.2) is 36.9 Å². The normalized spacial score (nSPS) is 18.1. The number of benzene rings is 1. The van der Waals surface area contributed by atoms with Crippen LogP contribution in [0.3, 0.4) is 0 Å².